The average Bonchev–Trinajstić information content (AvgIpc) is 2.84. The van der Waals surface area contributed by atoms with Gasteiger partial charge in [-0.25, -0.2) is 0 Å². The van der Waals surface area contributed by atoms with E-state index in [9.17, 15) is 18.0 Å². The molecule has 0 aliphatic rings. The first-order chi connectivity index (χ1) is 9.82. The largest absolute Gasteiger partial charge is 0.417 e. The summed E-state index contributed by atoms with van der Waals surface area (Å²) in [5.74, 6) is -0.584. The van der Waals surface area contributed by atoms with Gasteiger partial charge in [0, 0.05) is 11.4 Å². The quantitative estimate of drug-likeness (QED) is 0.893. The second-order valence-electron chi connectivity index (χ2n) is 4.23. The van der Waals surface area contributed by atoms with Crippen molar-refractivity contribution in [3.63, 3.8) is 0 Å². The van der Waals surface area contributed by atoms with Crippen molar-refractivity contribution in [2.45, 2.75) is 13.1 Å². The first-order valence-corrected chi connectivity index (χ1v) is 5.75. The van der Waals surface area contributed by atoms with Crippen molar-refractivity contribution in [1.82, 2.24) is 10.2 Å². The maximum Gasteiger partial charge on any atom is 0.417 e. The summed E-state index contributed by atoms with van der Waals surface area (Å²) >= 11 is 0. The number of halogens is 3. The van der Waals surface area contributed by atoms with Gasteiger partial charge >= 0.3 is 6.18 Å². The number of nitrogens with zero attached hydrogens (tertiary/aromatic N) is 2. The number of rotatable bonds is 2. The van der Waals surface area contributed by atoms with Gasteiger partial charge < -0.3 is 5.32 Å². The molecule has 108 valence electrons. The number of carbonyl (C=O) groups is 1. The number of aryl methyl sites for hydroxylation is 1. The predicted octanol–water partition coefficient (Wildman–Crippen LogP) is 2.86. The maximum atomic E-state index is 12.8. The zero-order valence-electron chi connectivity index (χ0n) is 10.7. The van der Waals surface area contributed by atoms with Gasteiger partial charge in [0.25, 0.3) is 5.91 Å². The molecule has 21 heavy (non-hydrogen) atoms. The van der Waals surface area contributed by atoms with Gasteiger partial charge in [0.05, 0.1) is 29.0 Å². The van der Waals surface area contributed by atoms with E-state index in [4.69, 9.17) is 5.26 Å². The molecule has 0 spiro atoms. The van der Waals surface area contributed by atoms with Gasteiger partial charge in [-0.1, -0.05) is 0 Å². The highest BCUT2D eigenvalue weighted by Gasteiger charge is 2.34. The zero-order chi connectivity index (χ0) is 15.6. The number of aromatic nitrogens is 2. The molecule has 1 heterocycles. The molecule has 0 aliphatic heterocycles. The van der Waals surface area contributed by atoms with E-state index in [0.717, 1.165) is 12.1 Å². The Morgan fingerprint density at radius 3 is 2.67 bits per heavy atom. The van der Waals surface area contributed by atoms with Gasteiger partial charge in [-0.3, -0.25) is 9.89 Å². The van der Waals surface area contributed by atoms with Gasteiger partial charge in [-0.05, 0) is 25.1 Å². The lowest BCUT2D eigenvalue weighted by atomic mass is 10.1. The Labute approximate surface area is 117 Å². The van der Waals surface area contributed by atoms with E-state index < -0.39 is 23.2 Å². The fourth-order valence-corrected chi connectivity index (χ4v) is 1.73. The summed E-state index contributed by atoms with van der Waals surface area (Å²) in [5, 5.41) is 17.2. The van der Waals surface area contributed by atoms with E-state index in [0.29, 0.717) is 5.69 Å². The van der Waals surface area contributed by atoms with Crippen molar-refractivity contribution in [3.05, 3.63) is 46.8 Å². The van der Waals surface area contributed by atoms with Crippen LogP contribution in [0, 0.1) is 18.3 Å². The number of nitriles is 1. The highest BCUT2D eigenvalue weighted by Crippen LogP contribution is 2.33. The number of aromatic amines is 1. The fourth-order valence-electron chi connectivity index (χ4n) is 1.73. The summed E-state index contributed by atoms with van der Waals surface area (Å²) < 4.78 is 38.4. The fraction of sp³-hybridized carbons (Fsp3) is 0.154. The van der Waals surface area contributed by atoms with Gasteiger partial charge in [0.1, 0.15) is 0 Å². The molecule has 1 amide bonds. The third kappa shape index (κ3) is 3.02. The van der Waals surface area contributed by atoms with Gasteiger partial charge in [-0.15, -0.1) is 0 Å². The van der Waals surface area contributed by atoms with Crippen molar-refractivity contribution in [3.8, 4) is 6.07 Å². The van der Waals surface area contributed by atoms with Crippen LogP contribution >= 0.6 is 0 Å². The van der Waals surface area contributed by atoms with Crippen LogP contribution in [0.5, 0.6) is 0 Å². The summed E-state index contributed by atoms with van der Waals surface area (Å²) in [4.78, 5) is 11.9. The second-order valence-corrected chi connectivity index (χ2v) is 4.23. The smallest absolute Gasteiger partial charge is 0.322 e. The van der Waals surface area contributed by atoms with Gasteiger partial charge in [0.15, 0.2) is 0 Å². The number of nitrogens with one attached hydrogen (secondary N) is 2. The van der Waals surface area contributed by atoms with Crippen molar-refractivity contribution in [2.24, 2.45) is 0 Å². The summed E-state index contributed by atoms with van der Waals surface area (Å²) in [6.45, 7) is 1.61. The minimum Gasteiger partial charge on any atom is -0.322 e. The molecule has 0 saturated carbocycles. The topological polar surface area (TPSA) is 81.6 Å². The predicted molar refractivity (Wildman–Crippen MR) is 67.4 cm³/mol. The molecule has 2 rings (SSSR count). The SMILES string of the molecule is Cc1[nH]ncc1C(=O)Nc1ccc(C#N)c(C(F)(F)F)c1. The molecule has 1 aromatic carbocycles. The van der Waals surface area contributed by atoms with E-state index in [1.807, 2.05) is 0 Å². The number of carbonyl (C=O) groups excluding carboxylic acids is 1. The van der Waals surface area contributed by atoms with E-state index in [2.05, 4.69) is 15.5 Å². The molecule has 0 fully saturated rings. The van der Waals surface area contributed by atoms with Gasteiger partial charge in [0.2, 0.25) is 0 Å². The summed E-state index contributed by atoms with van der Waals surface area (Å²) in [6, 6.07) is 4.45. The summed E-state index contributed by atoms with van der Waals surface area (Å²) in [6.07, 6.45) is -3.39. The number of alkyl halides is 3. The normalized spacial score (nSPS) is 11.0. The van der Waals surface area contributed by atoms with Crippen LogP contribution in [0.1, 0.15) is 27.2 Å². The van der Waals surface area contributed by atoms with E-state index >= 15 is 0 Å². The molecule has 0 atom stereocenters. The lowest BCUT2D eigenvalue weighted by Gasteiger charge is -2.11. The minimum absolute atomic E-state index is 0.0491. The highest BCUT2D eigenvalue weighted by molar-refractivity contribution is 6.04. The molecule has 2 aromatic rings. The molecule has 0 radical (unpaired) electrons. The highest BCUT2D eigenvalue weighted by atomic mass is 19.4. The lowest BCUT2D eigenvalue weighted by molar-refractivity contribution is -0.137. The van der Waals surface area contributed by atoms with E-state index in [1.165, 1.54) is 18.3 Å². The Hall–Kier alpha value is -2.82. The van der Waals surface area contributed by atoms with Crippen LogP contribution in [0.15, 0.2) is 24.4 Å². The number of hydrogen-bond acceptors (Lipinski definition) is 3. The Bertz CT molecular complexity index is 728. The molecule has 0 aliphatic carbocycles. The summed E-state index contributed by atoms with van der Waals surface area (Å²) in [5.41, 5.74) is -0.913. The van der Waals surface area contributed by atoms with Crippen molar-refractivity contribution in [2.75, 3.05) is 5.32 Å². The number of amides is 1. The van der Waals surface area contributed by atoms with E-state index in [-0.39, 0.29) is 11.3 Å². The third-order valence-electron chi connectivity index (χ3n) is 2.78. The number of anilines is 1. The van der Waals surface area contributed by atoms with Crippen LogP contribution in [0.2, 0.25) is 0 Å². The summed E-state index contributed by atoms with van der Waals surface area (Å²) in [7, 11) is 0. The number of hydrogen-bond donors (Lipinski definition) is 2. The average molecular weight is 294 g/mol. The van der Waals surface area contributed by atoms with Gasteiger partial charge in [-0.2, -0.15) is 23.5 Å². The monoisotopic (exact) mass is 294 g/mol. The van der Waals surface area contributed by atoms with Crippen LogP contribution in [0.25, 0.3) is 0 Å². The van der Waals surface area contributed by atoms with Crippen LogP contribution in [-0.4, -0.2) is 16.1 Å². The second kappa shape index (κ2) is 5.28. The Kier molecular flexibility index (Phi) is 3.67. The number of benzene rings is 1. The van der Waals surface area contributed by atoms with Crippen molar-refractivity contribution < 1.29 is 18.0 Å². The molecule has 5 nitrogen and oxygen atoms in total. The molecular formula is C13H9F3N4O. The first kappa shape index (κ1) is 14.6. The Balaban J connectivity index is 2.32. The zero-order valence-corrected chi connectivity index (χ0v) is 10.7. The molecule has 2 N–H and O–H groups in total. The minimum atomic E-state index is -4.67. The molecular weight excluding hydrogens is 285 g/mol. The van der Waals surface area contributed by atoms with Crippen LogP contribution < -0.4 is 5.32 Å². The molecule has 0 bridgehead atoms. The molecule has 1 aromatic heterocycles. The first-order valence-electron chi connectivity index (χ1n) is 5.75. The van der Waals surface area contributed by atoms with Crippen molar-refractivity contribution >= 4 is 11.6 Å². The lowest BCUT2D eigenvalue weighted by Crippen LogP contribution is -2.14. The van der Waals surface area contributed by atoms with Crippen LogP contribution in [-0.2, 0) is 6.18 Å². The van der Waals surface area contributed by atoms with Crippen LogP contribution in [0.4, 0.5) is 18.9 Å². The Morgan fingerprint density at radius 1 is 1.43 bits per heavy atom. The maximum absolute atomic E-state index is 12.8. The Morgan fingerprint density at radius 2 is 2.14 bits per heavy atom. The molecule has 0 saturated heterocycles. The van der Waals surface area contributed by atoms with Crippen LogP contribution in [0.3, 0.4) is 0 Å². The third-order valence-corrected chi connectivity index (χ3v) is 2.78. The molecule has 0 unspecified atom stereocenters. The standard InChI is InChI=1S/C13H9F3N4O/c1-7-10(6-18-20-7)12(21)19-9-3-2-8(5-17)11(4-9)13(14,15)16/h2-4,6H,1H3,(H,18,20)(H,19,21). The van der Waals surface area contributed by atoms with E-state index in [1.54, 1.807) is 6.92 Å². The number of H-pyrrole nitrogens is 1. The van der Waals surface area contributed by atoms with Crippen molar-refractivity contribution in [1.29, 1.82) is 5.26 Å². The molecule has 8 heteroatoms.